The molecule has 0 fully saturated rings. The summed E-state index contributed by atoms with van der Waals surface area (Å²) in [7, 11) is 0. The summed E-state index contributed by atoms with van der Waals surface area (Å²) < 4.78 is 19.4. The number of carbonyl (C=O) groups is 1. The molecular weight excluding hydrogens is 438 g/mol. The number of amides is 1. The molecule has 0 saturated heterocycles. The predicted molar refractivity (Wildman–Crippen MR) is 100 cm³/mol. The topological polar surface area (TPSA) is 85.4 Å². The first kappa shape index (κ1) is 18.1. The van der Waals surface area contributed by atoms with E-state index in [2.05, 4.69) is 27.6 Å². The van der Waals surface area contributed by atoms with E-state index in [1.165, 1.54) is 12.1 Å². The summed E-state index contributed by atoms with van der Waals surface area (Å²) in [5.41, 5.74) is 5.50. The largest absolute Gasteiger partial charge is 0.489 e. The number of fused-ring (bicyclic) bond motifs is 1. The van der Waals surface area contributed by atoms with Crippen molar-refractivity contribution in [1.29, 1.82) is 0 Å². The highest BCUT2D eigenvalue weighted by Crippen LogP contribution is 2.45. The van der Waals surface area contributed by atoms with Gasteiger partial charge in [0.25, 0.3) is 0 Å². The summed E-state index contributed by atoms with van der Waals surface area (Å²) in [6.45, 7) is 3.46. The highest BCUT2D eigenvalue weighted by molar-refractivity contribution is 14.1. The Balaban J connectivity index is 2.29. The van der Waals surface area contributed by atoms with Crippen LogP contribution < -0.4 is 10.5 Å². The normalized spacial score (nSPS) is 21.3. The SMILES string of the molecule is CC(O)(CI)c1cc2c(c(-c3ccc(F)cc3)n1)OC[C@]2(C)C(N)=O. The van der Waals surface area contributed by atoms with E-state index in [-0.39, 0.29) is 12.4 Å². The summed E-state index contributed by atoms with van der Waals surface area (Å²) in [5, 5.41) is 10.7. The number of alkyl halides is 1. The number of hydrogen-bond donors (Lipinski definition) is 2. The van der Waals surface area contributed by atoms with Gasteiger partial charge in [0.15, 0.2) is 0 Å². The minimum absolute atomic E-state index is 0.101. The molecular formula is C18H18FIN2O3. The van der Waals surface area contributed by atoms with Crippen LogP contribution in [-0.4, -0.2) is 27.0 Å². The summed E-state index contributed by atoms with van der Waals surface area (Å²) in [6, 6.07) is 7.51. The van der Waals surface area contributed by atoms with E-state index in [4.69, 9.17) is 10.5 Å². The molecule has 5 nitrogen and oxygen atoms in total. The van der Waals surface area contributed by atoms with Crippen LogP contribution in [0.5, 0.6) is 5.75 Å². The molecule has 2 atom stereocenters. The van der Waals surface area contributed by atoms with Crippen molar-refractivity contribution in [2.45, 2.75) is 24.9 Å². The number of pyridine rings is 1. The third kappa shape index (κ3) is 2.99. The highest BCUT2D eigenvalue weighted by atomic mass is 127. The zero-order chi connectivity index (χ0) is 18.4. The predicted octanol–water partition coefficient (Wildman–Crippen LogP) is 2.67. The third-order valence-electron chi connectivity index (χ3n) is 4.55. The lowest BCUT2D eigenvalue weighted by atomic mass is 9.82. The Labute approximate surface area is 158 Å². The van der Waals surface area contributed by atoms with Gasteiger partial charge in [-0.15, -0.1) is 0 Å². The summed E-state index contributed by atoms with van der Waals surface area (Å²) in [4.78, 5) is 16.6. The van der Waals surface area contributed by atoms with Crippen LogP contribution in [0.15, 0.2) is 30.3 Å². The maximum Gasteiger partial charge on any atom is 0.231 e. The number of nitrogens with two attached hydrogens (primary N) is 1. The lowest BCUT2D eigenvalue weighted by Gasteiger charge is -2.24. The molecule has 132 valence electrons. The molecule has 2 aromatic rings. The van der Waals surface area contributed by atoms with E-state index in [0.717, 1.165) is 0 Å². The second-order valence-electron chi connectivity index (χ2n) is 6.63. The minimum atomic E-state index is -1.19. The van der Waals surface area contributed by atoms with Crippen LogP contribution in [0.25, 0.3) is 11.3 Å². The van der Waals surface area contributed by atoms with Crippen LogP contribution in [0.1, 0.15) is 25.1 Å². The standard InChI is InChI=1S/C18H18FIN2O3/c1-17(16(21)23)9-25-15-12(17)7-13(18(2,24)8-20)22-14(15)10-3-5-11(19)6-4-10/h3-7,24H,8-9H2,1-2H3,(H2,21,23)/t17-,18?/m0/s1. The van der Waals surface area contributed by atoms with Gasteiger partial charge in [-0.2, -0.15) is 0 Å². The van der Waals surface area contributed by atoms with Crippen molar-refractivity contribution in [1.82, 2.24) is 4.98 Å². The van der Waals surface area contributed by atoms with Gasteiger partial charge in [-0.3, -0.25) is 4.79 Å². The van der Waals surface area contributed by atoms with Gasteiger partial charge in [0.05, 0.1) is 5.69 Å². The first-order valence-electron chi connectivity index (χ1n) is 7.72. The fourth-order valence-corrected chi connectivity index (χ4v) is 3.13. The Morgan fingerprint density at radius 2 is 2.12 bits per heavy atom. The number of hydrogen-bond acceptors (Lipinski definition) is 4. The van der Waals surface area contributed by atoms with E-state index in [1.54, 1.807) is 32.0 Å². The summed E-state index contributed by atoms with van der Waals surface area (Å²) in [5.74, 6) is -0.429. The van der Waals surface area contributed by atoms with Crippen LogP contribution in [0.2, 0.25) is 0 Å². The van der Waals surface area contributed by atoms with Gasteiger partial charge >= 0.3 is 0 Å². The number of carbonyl (C=O) groups excluding carboxylic acids is 1. The first-order chi connectivity index (χ1) is 11.7. The van der Waals surface area contributed by atoms with Crippen molar-refractivity contribution in [3.63, 3.8) is 0 Å². The fourth-order valence-electron chi connectivity index (χ4n) is 2.74. The number of rotatable bonds is 4. The average Bonchev–Trinajstić information content (AvgIpc) is 2.93. The average molecular weight is 456 g/mol. The number of halogens is 2. The molecule has 1 aromatic heterocycles. The second-order valence-corrected chi connectivity index (χ2v) is 7.39. The number of ether oxygens (including phenoxy) is 1. The minimum Gasteiger partial charge on any atom is -0.489 e. The monoisotopic (exact) mass is 456 g/mol. The molecule has 1 aliphatic heterocycles. The van der Waals surface area contributed by atoms with E-state index in [9.17, 15) is 14.3 Å². The maximum absolute atomic E-state index is 13.3. The molecule has 0 saturated carbocycles. The molecule has 0 radical (unpaired) electrons. The zero-order valence-electron chi connectivity index (χ0n) is 13.8. The van der Waals surface area contributed by atoms with E-state index >= 15 is 0 Å². The third-order valence-corrected chi connectivity index (χ3v) is 6.03. The Kier molecular flexibility index (Phi) is 4.48. The summed E-state index contributed by atoms with van der Waals surface area (Å²) >= 11 is 2.07. The lowest BCUT2D eigenvalue weighted by molar-refractivity contribution is -0.123. The summed E-state index contributed by atoms with van der Waals surface area (Å²) in [6.07, 6.45) is 0. The number of aromatic nitrogens is 1. The molecule has 1 aromatic carbocycles. The van der Waals surface area contributed by atoms with Crippen molar-refractivity contribution in [2.24, 2.45) is 5.73 Å². The van der Waals surface area contributed by atoms with Crippen LogP contribution >= 0.6 is 22.6 Å². The molecule has 0 spiro atoms. The molecule has 3 rings (SSSR count). The van der Waals surface area contributed by atoms with Gasteiger partial charge in [0.1, 0.15) is 34.9 Å². The molecule has 1 amide bonds. The molecule has 25 heavy (non-hydrogen) atoms. The van der Waals surface area contributed by atoms with Gasteiger partial charge in [-0.1, -0.05) is 22.6 Å². The second kappa shape index (κ2) is 6.21. The van der Waals surface area contributed by atoms with Crippen molar-refractivity contribution in [3.05, 3.63) is 47.4 Å². The van der Waals surface area contributed by atoms with E-state index in [1.807, 2.05) is 0 Å². The molecule has 1 aliphatic rings. The van der Waals surface area contributed by atoms with Crippen molar-refractivity contribution in [3.8, 4) is 17.0 Å². The Hall–Kier alpha value is -1.74. The van der Waals surface area contributed by atoms with Gasteiger partial charge in [-0.25, -0.2) is 9.37 Å². The number of benzene rings is 1. The molecule has 0 bridgehead atoms. The van der Waals surface area contributed by atoms with Crippen molar-refractivity contribution >= 4 is 28.5 Å². The lowest BCUT2D eigenvalue weighted by Crippen LogP contribution is -2.40. The first-order valence-corrected chi connectivity index (χ1v) is 9.24. The van der Waals surface area contributed by atoms with Gasteiger partial charge in [0.2, 0.25) is 5.91 Å². The van der Waals surface area contributed by atoms with Crippen LogP contribution in [0.4, 0.5) is 4.39 Å². The smallest absolute Gasteiger partial charge is 0.231 e. The number of primary amides is 1. The molecule has 1 unspecified atom stereocenters. The highest BCUT2D eigenvalue weighted by Gasteiger charge is 2.44. The number of aliphatic hydroxyl groups is 1. The maximum atomic E-state index is 13.3. The van der Waals surface area contributed by atoms with Crippen LogP contribution in [-0.2, 0) is 15.8 Å². The quantitative estimate of drug-likeness (QED) is 0.548. The molecule has 2 heterocycles. The van der Waals surface area contributed by atoms with Crippen molar-refractivity contribution in [2.75, 3.05) is 11.0 Å². The van der Waals surface area contributed by atoms with Crippen molar-refractivity contribution < 1.29 is 19.0 Å². The number of nitrogens with zero attached hydrogens (tertiary/aromatic N) is 1. The molecule has 0 aliphatic carbocycles. The van der Waals surface area contributed by atoms with Gasteiger partial charge < -0.3 is 15.6 Å². The Morgan fingerprint density at radius 3 is 2.68 bits per heavy atom. The molecule has 7 heteroatoms. The van der Waals surface area contributed by atoms with E-state index < -0.39 is 16.9 Å². The van der Waals surface area contributed by atoms with Crippen LogP contribution in [0.3, 0.4) is 0 Å². The van der Waals surface area contributed by atoms with Crippen LogP contribution in [0, 0.1) is 5.82 Å². The molecule has 3 N–H and O–H groups in total. The Bertz CT molecular complexity index is 839. The Morgan fingerprint density at radius 1 is 1.48 bits per heavy atom. The zero-order valence-corrected chi connectivity index (χ0v) is 16.0. The van der Waals surface area contributed by atoms with Gasteiger partial charge in [0, 0.05) is 15.6 Å². The van der Waals surface area contributed by atoms with E-state index in [0.29, 0.717) is 32.7 Å². The fraction of sp³-hybridized carbons (Fsp3) is 0.333. The van der Waals surface area contributed by atoms with Gasteiger partial charge in [-0.05, 0) is 44.2 Å².